The first-order valence-electron chi connectivity index (χ1n) is 7.49. The predicted octanol–water partition coefficient (Wildman–Crippen LogP) is 2.82. The Labute approximate surface area is 135 Å². The highest BCUT2D eigenvalue weighted by Crippen LogP contribution is 2.23. The number of aryl methyl sites for hydroxylation is 1. The van der Waals surface area contributed by atoms with Crippen molar-refractivity contribution < 1.29 is 18.8 Å². The summed E-state index contributed by atoms with van der Waals surface area (Å²) < 4.78 is 15.1. The number of aromatic nitrogens is 2. The number of carbonyl (C=O) groups is 1. The van der Waals surface area contributed by atoms with Crippen LogP contribution >= 0.6 is 0 Å². The summed E-state index contributed by atoms with van der Waals surface area (Å²) >= 11 is 0. The van der Waals surface area contributed by atoms with E-state index in [9.17, 15) is 4.79 Å². The van der Waals surface area contributed by atoms with E-state index < -0.39 is 5.97 Å². The van der Waals surface area contributed by atoms with E-state index in [2.05, 4.69) is 22.4 Å². The van der Waals surface area contributed by atoms with Crippen LogP contribution in [0.5, 0.6) is 5.75 Å². The first-order chi connectivity index (χ1) is 11.2. The Kier molecular flexibility index (Phi) is 5.96. The summed E-state index contributed by atoms with van der Waals surface area (Å²) in [7, 11) is 2.88. The van der Waals surface area contributed by atoms with Crippen molar-refractivity contribution in [1.82, 2.24) is 10.1 Å². The van der Waals surface area contributed by atoms with E-state index in [1.54, 1.807) is 25.3 Å². The molecule has 1 heterocycles. The number of nitrogens with one attached hydrogen (secondary N) is 1. The number of esters is 1. The molecule has 124 valence electrons. The van der Waals surface area contributed by atoms with Gasteiger partial charge in [-0.25, -0.2) is 4.79 Å². The molecule has 0 saturated carbocycles. The van der Waals surface area contributed by atoms with Crippen LogP contribution in [0.25, 0.3) is 0 Å². The standard InChI is InChI=1S/C16H21N3O4/c1-4-5-6-14-18-15(23-19-14)10-17-13-8-7-11(21-2)9-12(13)16(20)22-3/h7-9,17H,4-6,10H2,1-3H3. The summed E-state index contributed by atoms with van der Waals surface area (Å²) in [6, 6.07) is 5.13. The van der Waals surface area contributed by atoms with E-state index in [1.165, 1.54) is 7.11 Å². The summed E-state index contributed by atoms with van der Waals surface area (Å²) in [4.78, 5) is 16.2. The van der Waals surface area contributed by atoms with Gasteiger partial charge in [0.2, 0.25) is 5.89 Å². The van der Waals surface area contributed by atoms with Crippen molar-refractivity contribution in [2.75, 3.05) is 19.5 Å². The fraction of sp³-hybridized carbons (Fsp3) is 0.438. The molecule has 7 nitrogen and oxygen atoms in total. The van der Waals surface area contributed by atoms with Gasteiger partial charge in [-0.1, -0.05) is 18.5 Å². The molecule has 0 atom stereocenters. The predicted molar refractivity (Wildman–Crippen MR) is 84.6 cm³/mol. The lowest BCUT2D eigenvalue weighted by atomic mass is 10.1. The van der Waals surface area contributed by atoms with Gasteiger partial charge in [-0.05, 0) is 24.6 Å². The molecule has 1 aromatic heterocycles. The Bertz CT molecular complexity index is 655. The van der Waals surface area contributed by atoms with Gasteiger partial charge in [0.05, 0.1) is 26.3 Å². The number of carbonyl (C=O) groups excluding carboxylic acids is 1. The highest BCUT2D eigenvalue weighted by atomic mass is 16.5. The largest absolute Gasteiger partial charge is 0.497 e. The second-order valence-corrected chi connectivity index (χ2v) is 4.96. The zero-order valence-electron chi connectivity index (χ0n) is 13.6. The molecular formula is C16H21N3O4. The van der Waals surface area contributed by atoms with E-state index in [4.69, 9.17) is 14.0 Å². The summed E-state index contributed by atoms with van der Waals surface area (Å²) in [5.74, 6) is 1.31. The van der Waals surface area contributed by atoms with Gasteiger partial charge in [-0.15, -0.1) is 0 Å². The fourth-order valence-corrected chi connectivity index (χ4v) is 2.05. The van der Waals surface area contributed by atoms with Crippen molar-refractivity contribution in [3.63, 3.8) is 0 Å². The SMILES string of the molecule is CCCCc1noc(CNc2ccc(OC)cc2C(=O)OC)n1. The highest BCUT2D eigenvalue weighted by molar-refractivity contribution is 5.96. The number of rotatable bonds is 8. The van der Waals surface area contributed by atoms with Crippen LogP contribution in [0, 0.1) is 0 Å². The molecule has 0 unspecified atom stereocenters. The summed E-state index contributed by atoms with van der Waals surface area (Å²) in [5, 5.41) is 7.04. The number of methoxy groups -OCH3 is 2. The molecule has 0 aliphatic carbocycles. The van der Waals surface area contributed by atoms with Crippen LogP contribution in [0.1, 0.15) is 41.8 Å². The molecule has 0 amide bonds. The van der Waals surface area contributed by atoms with Gasteiger partial charge in [-0.3, -0.25) is 0 Å². The molecule has 0 aliphatic rings. The van der Waals surface area contributed by atoms with Crippen molar-refractivity contribution in [2.24, 2.45) is 0 Å². The van der Waals surface area contributed by atoms with Gasteiger partial charge < -0.3 is 19.3 Å². The molecule has 7 heteroatoms. The third-order valence-electron chi connectivity index (χ3n) is 3.33. The van der Waals surface area contributed by atoms with Crippen LogP contribution < -0.4 is 10.1 Å². The third kappa shape index (κ3) is 4.45. The molecule has 0 fully saturated rings. The van der Waals surface area contributed by atoms with Crippen molar-refractivity contribution in [2.45, 2.75) is 32.7 Å². The molecule has 2 aromatic rings. The van der Waals surface area contributed by atoms with E-state index in [-0.39, 0.29) is 0 Å². The Morgan fingerprint density at radius 3 is 2.87 bits per heavy atom. The number of hydrogen-bond acceptors (Lipinski definition) is 7. The lowest BCUT2D eigenvalue weighted by Crippen LogP contribution is -2.09. The summed E-state index contributed by atoms with van der Waals surface area (Å²) in [6.07, 6.45) is 2.91. The second kappa shape index (κ2) is 8.17. The van der Waals surface area contributed by atoms with Gasteiger partial charge >= 0.3 is 5.97 Å². The van der Waals surface area contributed by atoms with Gasteiger partial charge in [0.15, 0.2) is 5.82 Å². The van der Waals surface area contributed by atoms with Crippen LogP contribution in [0.2, 0.25) is 0 Å². The number of unbranched alkanes of at least 4 members (excludes halogenated alkanes) is 1. The maximum atomic E-state index is 11.9. The monoisotopic (exact) mass is 319 g/mol. The van der Waals surface area contributed by atoms with Crippen molar-refractivity contribution >= 4 is 11.7 Å². The molecule has 0 radical (unpaired) electrons. The minimum absolute atomic E-state index is 0.329. The zero-order valence-corrected chi connectivity index (χ0v) is 13.6. The maximum Gasteiger partial charge on any atom is 0.340 e. The quantitative estimate of drug-likeness (QED) is 0.749. The lowest BCUT2D eigenvalue weighted by Gasteiger charge is -2.10. The fourth-order valence-electron chi connectivity index (χ4n) is 2.05. The van der Waals surface area contributed by atoms with Gasteiger partial charge in [0.25, 0.3) is 0 Å². The molecule has 0 saturated heterocycles. The zero-order chi connectivity index (χ0) is 16.7. The number of ether oxygens (including phenoxy) is 2. The molecule has 2 rings (SSSR count). The Balaban J connectivity index is 2.07. The molecule has 23 heavy (non-hydrogen) atoms. The van der Waals surface area contributed by atoms with Gasteiger partial charge in [0, 0.05) is 12.1 Å². The molecule has 0 aliphatic heterocycles. The minimum Gasteiger partial charge on any atom is -0.497 e. The van der Waals surface area contributed by atoms with E-state index >= 15 is 0 Å². The molecule has 1 N–H and O–H groups in total. The van der Waals surface area contributed by atoms with Crippen molar-refractivity contribution in [3.05, 3.63) is 35.5 Å². The maximum absolute atomic E-state index is 11.9. The Hall–Kier alpha value is -2.57. The van der Waals surface area contributed by atoms with Gasteiger partial charge in [-0.2, -0.15) is 4.98 Å². The minimum atomic E-state index is -0.444. The summed E-state index contributed by atoms with van der Waals surface area (Å²) in [5.41, 5.74) is 1.00. The van der Waals surface area contributed by atoms with Crippen molar-refractivity contribution in [3.8, 4) is 5.75 Å². The van der Waals surface area contributed by atoms with Crippen LogP contribution in [0.3, 0.4) is 0 Å². The lowest BCUT2D eigenvalue weighted by molar-refractivity contribution is 0.0601. The molecule has 0 spiro atoms. The van der Waals surface area contributed by atoms with E-state index in [0.29, 0.717) is 35.3 Å². The smallest absolute Gasteiger partial charge is 0.340 e. The van der Waals surface area contributed by atoms with E-state index in [1.807, 2.05) is 0 Å². The van der Waals surface area contributed by atoms with Crippen LogP contribution in [0.15, 0.2) is 22.7 Å². The normalized spacial score (nSPS) is 10.4. The molecule has 1 aromatic carbocycles. The summed E-state index contributed by atoms with van der Waals surface area (Å²) in [6.45, 7) is 2.44. The highest BCUT2D eigenvalue weighted by Gasteiger charge is 2.14. The average molecular weight is 319 g/mol. The number of hydrogen-bond donors (Lipinski definition) is 1. The molecular weight excluding hydrogens is 298 g/mol. The average Bonchev–Trinajstić information content (AvgIpc) is 3.05. The number of nitrogens with zero attached hydrogens (tertiary/aromatic N) is 2. The number of benzene rings is 1. The third-order valence-corrected chi connectivity index (χ3v) is 3.33. The van der Waals surface area contributed by atoms with E-state index in [0.717, 1.165) is 19.3 Å². The van der Waals surface area contributed by atoms with Crippen molar-refractivity contribution in [1.29, 1.82) is 0 Å². The van der Waals surface area contributed by atoms with Crippen LogP contribution in [0.4, 0.5) is 5.69 Å². The molecule has 0 bridgehead atoms. The topological polar surface area (TPSA) is 86.5 Å². The van der Waals surface area contributed by atoms with Gasteiger partial charge in [0.1, 0.15) is 5.75 Å². The van der Waals surface area contributed by atoms with Crippen LogP contribution in [-0.2, 0) is 17.7 Å². The first-order valence-corrected chi connectivity index (χ1v) is 7.49. The van der Waals surface area contributed by atoms with Crippen LogP contribution in [-0.4, -0.2) is 30.3 Å². The first kappa shape index (κ1) is 16.8. The number of anilines is 1. The Morgan fingerprint density at radius 2 is 2.17 bits per heavy atom. The Morgan fingerprint density at radius 1 is 1.35 bits per heavy atom. The second-order valence-electron chi connectivity index (χ2n) is 4.96.